The van der Waals surface area contributed by atoms with Crippen molar-refractivity contribution in [1.82, 2.24) is 0 Å². The number of methoxy groups -OCH3 is 1. The van der Waals surface area contributed by atoms with Crippen LogP contribution in [0.1, 0.15) is 41.7 Å². The SMILES string of the molecule is CCc1cc(C)c(OCc2cccc(CC)c2NC(=O)OC)cc1C. The summed E-state index contributed by atoms with van der Waals surface area (Å²) in [5.41, 5.74) is 6.46. The van der Waals surface area contributed by atoms with Crippen LogP contribution in [-0.4, -0.2) is 13.2 Å². The highest BCUT2D eigenvalue weighted by Crippen LogP contribution is 2.27. The number of ether oxygens (including phenoxy) is 2. The van der Waals surface area contributed by atoms with Gasteiger partial charge in [0.2, 0.25) is 0 Å². The molecule has 0 atom stereocenters. The number of benzene rings is 2. The molecule has 0 aliphatic heterocycles. The lowest BCUT2D eigenvalue weighted by Crippen LogP contribution is -2.15. The normalized spacial score (nSPS) is 10.4. The van der Waals surface area contributed by atoms with E-state index < -0.39 is 6.09 Å². The van der Waals surface area contributed by atoms with Crippen LogP contribution in [-0.2, 0) is 24.2 Å². The van der Waals surface area contributed by atoms with E-state index in [9.17, 15) is 4.79 Å². The highest BCUT2D eigenvalue weighted by molar-refractivity contribution is 5.86. The topological polar surface area (TPSA) is 47.6 Å². The van der Waals surface area contributed by atoms with Gasteiger partial charge in [-0.25, -0.2) is 4.79 Å². The van der Waals surface area contributed by atoms with Crippen LogP contribution in [0.2, 0.25) is 0 Å². The number of hydrogen-bond donors (Lipinski definition) is 1. The third-order valence-corrected chi connectivity index (χ3v) is 4.43. The van der Waals surface area contributed by atoms with Crippen molar-refractivity contribution < 1.29 is 14.3 Å². The molecule has 134 valence electrons. The van der Waals surface area contributed by atoms with E-state index in [2.05, 4.69) is 45.1 Å². The van der Waals surface area contributed by atoms with Crippen molar-refractivity contribution >= 4 is 11.8 Å². The van der Waals surface area contributed by atoms with Crippen molar-refractivity contribution in [2.24, 2.45) is 0 Å². The first-order chi connectivity index (χ1) is 12.0. The van der Waals surface area contributed by atoms with Crippen molar-refractivity contribution in [3.63, 3.8) is 0 Å². The molecule has 0 radical (unpaired) electrons. The lowest BCUT2D eigenvalue weighted by molar-refractivity contribution is 0.187. The third kappa shape index (κ3) is 4.53. The fraction of sp³-hybridized carbons (Fsp3) is 0.381. The first-order valence-electron chi connectivity index (χ1n) is 8.68. The molecule has 0 heterocycles. The molecular formula is C21H27NO3. The maximum atomic E-state index is 11.7. The minimum absolute atomic E-state index is 0.388. The summed E-state index contributed by atoms with van der Waals surface area (Å²) < 4.78 is 10.8. The molecule has 1 amide bonds. The van der Waals surface area contributed by atoms with Crippen LogP contribution in [0.4, 0.5) is 10.5 Å². The lowest BCUT2D eigenvalue weighted by atomic mass is 10.0. The van der Waals surface area contributed by atoms with E-state index in [0.29, 0.717) is 6.61 Å². The number of carbonyl (C=O) groups excluding carboxylic acids is 1. The minimum Gasteiger partial charge on any atom is -0.489 e. The summed E-state index contributed by atoms with van der Waals surface area (Å²) in [5.74, 6) is 0.876. The number of nitrogens with one attached hydrogen (secondary N) is 1. The number of rotatable bonds is 6. The van der Waals surface area contributed by atoms with Gasteiger partial charge in [-0.1, -0.05) is 38.1 Å². The maximum absolute atomic E-state index is 11.7. The van der Waals surface area contributed by atoms with E-state index in [1.165, 1.54) is 18.2 Å². The standard InChI is InChI=1S/C21H27NO3/c1-6-16-9-8-10-18(20(16)22-21(23)24-5)13-25-19-12-14(3)17(7-2)11-15(19)4/h8-12H,6-7,13H2,1-5H3,(H,22,23). The molecule has 0 aromatic heterocycles. The Balaban J connectivity index is 2.26. The van der Waals surface area contributed by atoms with Gasteiger partial charge in [-0.05, 0) is 55.0 Å². The van der Waals surface area contributed by atoms with Gasteiger partial charge in [0, 0.05) is 5.56 Å². The number of para-hydroxylation sites is 1. The van der Waals surface area contributed by atoms with Gasteiger partial charge in [-0.15, -0.1) is 0 Å². The molecule has 0 saturated carbocycles. The average molecular weight is 341 g/mol. The van der Waals surface area contributed by atoms with Crippen LogP contribution >= 0.6 is 0 Å². The molecule has 0 aliphatic carbocycles. The summed E-state index contributed by atoms with van der Waals surface area (Å²) in [6.45, 7) is 8.76. The number of carbonyl (C=O) groups is 1. The third-order valence-electron chi connectivity index (χ3n) is 4.43. The molecule has 2 aromatic rings. The molecule has 0 saturated heterocycles. The molecule has 2 aromatic carbocycles. The van der Waals surface area contributed by atoms with Crippen molar-refractivity contribution in [3.05, 3.63) is 58.1 Å². The number of anilines is 1. The van der Waals surface area contributed by atoms with Gasteiger partial charge in [0.25, 0.3) is 0 Å². The Morgan fingerprint density at radius 2 is 1.68 bits per heavy atom. The van der Waals surface area contributed by atoms with Gasteiger partial charge in [0.05, 0.1) is 12.8 Å². The summed E-state index contributed by atoms with van der Waals surface area (Å²) in [6.07, 6.45) is 1.36. The Kier molecular flexibility index (Phi) is 6.45. The van der Waals surface area contributed by atoms with Crippen LogP contribution in [0.3, 0.4) is 0 Å². The molecule has 4 nitrogen and oxygen atoms in total. The van der Waals surface area contributed by atoms with E-state index in [-0.39, 0.29) is 0 Å². The highest BCUT2D eigenvalue weighted by Gasteiger charge is 2.12. The molecule has 0 spiro atoms. The Labute approximate surface area is 150 Å². The first kappa shape index (κ1) is 18.8. The van der Waals surface area contributed by atoms with E-state index in [1.54, 1.807) is 0 Å². The van der Waals surface area contributed by atoms with E-state index in [4.69, 9.17) is 9.47 Å². The Bertz CT molecular complexity index is 753. The minimum atomic E-state index is -0.471. The maximum Gasteiger partial charge on any atom is 0.411 e. The van der Waals surface area contributed by atoms with E-state index >= 15 is 0 Å². The van der Waals surface area contributed by atoms with Gasteiger partial charge in [0.15, 0.2) is 0 Å². The quantitative estimate of drug-likeness (QED) is 0.787. The molecule has 0 aliphatic rings. The van der Waals surface area contributed by atoms with E-state index in [0.717, 1.165) is 41.0 Å². The molecule has 0 fully saturated rings. The van der Waals surface area contributed by atoms with Crippen LogP contribution in [0.15, 0.2) is 30.3 Å². The zero-order chi connectivity index (χ0) is 18.4. The predicted octanol–water partition coefficient (Wildman–Crippen LogP) is 5.19. The fourth-order valence-electron chi connectivity index (χ4n) is 2.92. The van der Waals surface area contributed by atoms with Crippen molar-refractivity contribution in [2.45, 2.75) is 47.1 Å². The zero-order valence-corrected chi connectivity index (χ0v) is 15.7. The van der Waals surface area contributed by atoms with Crippen molar-refractivity contribution in [1.29, 1.82) is 0 Å². The number of aryl methyl sites for hydroxylation is 4. The smallest absolute Gasteiger partial charge is 0.411 e. The second-order valence-corrected chi connectivity index (χ2v) is 6.11. The molecule has 1 N–H and O–H groups in total. The van der Waals surface area contributed by atoms with Gasteiger partial charge in [-0.2, -0.15) is 0 Å². The molecule has 25 heavy (non-hydrogen) atoms. The lowest BCUT2D eigenvalue weighted by Gasteiger charge is -2.17. The van der Waals surface area contributed by atoms with Crippen molar-refractivity contribution in [2.75, 3.05) is 12.4 Å². The number of hydrogen-bond acceptors (Lipinski definition) is 3. The van der Waals surface area contributed by atoms with Crippen molar-refractivity contribution in [3.8, 4) is 5.75 Å². The predicted molar refractivity (Wildman–Crippen MR) is 101 cm³/mol. The van der Waals surface area contributed by atoms with E-state index in [1.807, 2.05) is 18.2 Å². The summed E-state index contributed by atoms with van der Waals surface area (Å²) in [4.78, 5) is 11.7. The summed E-state index contributed by atoms with van der Waals surface area (Å²) in [5, 5.41) is 2.82. The molecular weight excluding hydrogens is 314 g/mol. The molecule has 0 unspecified atom stereocenters. The zero-order valence-electron chi connectivity index (χ0n) is 15.7. The van der Waals surface area contributed by atoms with Crippen LogP contribution in [0.25, 0.3) is 0 Å². The highest BCUT2D eigenvalue weighted by atomic mass is 16.5. The van der Waals surface area contributed by atoms with Crippen LogP contribution < -0.4 is 10.1 Å². The Hall–Kier alpha value is -2.49. The number of amides is 1. The summed E-state index contributed by atoms with van der Waals surface area (Å²) >= 11 is 0. The molecule has 2 rings (SSSR count). The average Bonchev–Trinajstić information content (AvgIpc) is 2.62. The second kappa shape index (κ2) is 8.56. The summed E-state index contributed by atoms with van der Waals surface area (Å²) in [7, 11) is 1.36. The Morgan fingerprint density at radius 3 is 2.32 bits per heavy atom. The monoisotopic (exact) mass is 341 g/mol. The summed E-state index contributed by atoms with van der Waals surface area (Å²) in [6, 6.07) is 10.2. The van der Waals surface area contributed by atoms with Gasteiger partial charge in [0.1, 0.15) is 12.4 Å². The second-order valence-electron chi connectivity index (χ2n) is 6.11. The van der Waals surface area contributed by atoms with Crippen LogP contribution in [0.5, 0.6) is 5.75 Å². The largest absolute Gasteiger partial charge is 0.489 e. The molecule has 4 heteroatoms. The fourth-order valence-corrected chi connectivity index (χ4v) is 2.92. The molecule has 0 bridgehead atoms. The van der Waals surface area contributed by atoms with Gasteiger partial charge >= 0.3 is 6.09 Å². The Morgan fingerprint density at radius 1 is 1.00 bits per heavy atom. The van der Waals surface area contributed by atoms with Gasteiger partial charge < -0.3 is 9.47 Å². The van der Waals surface area contributed by atoms with Gasteiger partial charge in [-0.3, -0.25) is 5.32 Å². The van der Waals surface area contributed by atoms with Crippen LogP contribution in [0, 0.1) is 13.8 Å². The first-order valence-corrected chi connectivity index (χ1v) is 8.68.